The number of aryl methyl sites for hydroxylation is 2. The van der Waals surface area contributed by atoms with Gasteiger partial charge in [0.25, 0.3) is 0 Å². The summed E-state index contributed by atoms with van der Waals surface area (Å²) < 4.78 is 25.9. The summed E-state index contributed by atoms with van der Waals surface area (Å²) in [5.74, 6) is -0.182. The third-order valence-electron chi connectivity index (χ3n) is 5.01. The van der Waals surface area contributed by atoms with Crippen LogP contribution in [0.25, 0.3) is 0 Å². The smallest absolute Gasteiger partial charge is 0.123 e. The van der Waals surface area contributed by atoms with E-state index in [4.69, 9.17) is 0 Å². The number of nitrogens with zero attached hydrogens (tertiary/aromatic N) is 1. The fourth-order valence-electron chi connectivity index (χ4n) is 3.49. The maximum Gasteiger partial charge on any atom is 0.123 e. The summed E-state index contributed by atoms with van der Waals surface area (Å²) in [7, 11) is -0.916. The first-order chi connectivity index (χ1) is 12.0. The van der Waals surface area contributed by atoms with Crippen molar-refractivity contribution in [1.29, 1.82) is 0 Å². The molecule has 1 unspecified atom stereocenters. The van der Waals surface area contributed by atoms with Crippen LogP contribution in [-0.4, -0.2) is 34.0 Å². The molecule has 2 nitrogen and oxygen atoms in total. The zero-order valence-corrected chi connectivity index (χ0v) is 15.8. The number of likely N-dealkylation sites (tertiary alicyclic amines) is 1. The molecule has 0 saturated carbocycles. The minimum atomic E-state index is -0.916. The Hall–Kier alpha value is -1.52. The summed E-state index contributed by atoms with van der Waals surface area (Å²) in [5.41, 5.74) is 3.52. The highest BCUT2D eigenvalue weighted by Crippen LogP contribution is 2.24. The Morgan fingerprint density at radius 2 is 1.76 bits per heavy atom. The molecule has 1 aliphatic rings. The molecule has 1 saturated heterocycles. The average molecular weight is 360 g/mol. The summed E-state index contributed by atoms with van der Waals surface area (Å²) in [6, 6.07) is 13.0. The molecule has 1 fully saturated rings. The zero-order valence-electron chi connectivity index (χ0n) is 15.0. The largest absolute Gasteiger partial charge is 0.303 e. The molecular weight excluding hydrogens is 333 g/mol. The molecule has 2 aromatic carbocycles. The van der Waals surface area contributed by atoms with Crippen molar-refractivity contribution in [1.82, 2.24) is 4.90 Å². The fraction of sp³-hybridized carbons (Fsp3) is 0.429. The lowest BCUT2D eigenvalue weighted by Crippen LogP contribution is -2.38. The monoisotopic (exact) mass is 359 g/mol. The van der Waals surface area contributed by atoms with E-state index in [1.54, 1.807) is 0 Å². The minimum absolute atomic E-state index is 0.182. The van der Waals surface area contributed by atoms with Gasteiger partial charge in [-0.3, -0.25) is 4.21 Å². The van der Waals surface area contributed by atoms with Crippen LogP contribution in [0.1, 0.15) is 29.5 Å². The topological polar surface area (TPSA) is 20.3 Å². The fourth-order valence-corrected chi connectivity index (χ4v) is 5.07. The summed E-state index contributed by atoms with van der Waals surface area (Å²) in [6.07, 6.45) is 2.89. The van der Waals surface area contributed by atoms with Crippen molar-refractivity contribution in [3.63, 3.8) is 0 Å². The molecule has 1 aliphatic heterocycles. The molecule has 4 heteroatoms. The van der Waals surface area contributed by atoms with Crippen LogP contribution in [0.5, 0.6) is 0 Å². The molecule has 0 bridgehead atoms. The van der Waals surface area contributed by atoms with Crippen molar-refractivity contribution in [3.05, 3.63) is 65.0 Å². The average Bonchev–Trinajstić information content (AvgIpc) is 2.61. The Morgan fingerprint density at radius 3 is 2.40 bits per heavy atom. The molecule has 134 valence electrons. The first-order valence-corrected chi connectivity index (χ1v) is 10.2. The molecule has 0 N–H and O–H groups in total. The van der Waals surface area contributed by atoms with Crippen LogP contribution in [-0.2, 0) is 17.2 Å². The Morgan fingerprint density at radius 1 is 1.08 bits per heavy atom. The predicted molar refractivity (Wildman–Crippen MR) is 102 cm³/mol. The minimum Gasteiger partial charge on any atom is -0.303 e. The number of piperidine rings is 1. The lowest BCUT2D eigenvalue weighted by Gasteiger charge is -2.31. The second-order valence-electron chi connectivity index (χ2n) is 6.98. The molecular formula is C21H26FNOS. The van der Waals surface area contributed by atoms with Crippen LogP contribution in [0.4, 0.5) is 4.39 Å². The van der Waals surface area contributed by atoms with Gasteiger partial charge in [0.05, 0.1) is 10.8 Å². The van der Waals surface area contributed by atoms with Gasteiger partial charge < -0.3 is 4.90 Å². The number of halogens is 1. The highest BCUT2D eigenvalue weighted by atomic mass is 32.2. The van der Waals surface area contributed by atoms with Gasteiger partial charge in [-0.2, -0.15) is 0 Å². The molecule has 3 rings (SSSR count). The second-order valence-corrected chi connectivity index (χ2v) is 8.69. The first kappa shape index (κ1) is 18.3. The maximum atomic E-state index is 13.0. The van der Waals surface area contributed by atoms with Gasteiger partial charge >= 0.3 is 0 Å². The molecule has 0 spiro atoms. The molecule has 25 heavy (non-hydrogen) atoms. The van der Waals surface area contributed by atoms with Crippen LogP contribution in [0.15, 0.2) is 47.4 Å². The van der Waals surface area contributed by atoms with Crippen molar-refractivity contribution < 1.29 is 8.60 Å². The van der Waals surface area contributed by atoms with E-state index in [9.17, 15) is 8.60 Å². The zero-order chi connectivity index (χ0) is 17.8. The molecule has 2 aromatic rings. The highest BCUT2D eigenvalue weighted by molar-refractivity contribution is 7.85. The van der Waals surface area contributed by atoms with Gasteiger partial charge in [0.2, 0.25) is 0 Å². The van der Waals surface area contributed by atoms with Crippen molar-refractivity contribution in [2.45, 2.75) is 43.3 Å². The molecule has 0 aromatic heterocycles. The third-order valence-corrected chi connectivity index (χ3v) is 6.98. The second kappa shape index (κ2) is 8.24. The maximum absolute atomic E-state index is 13.0. The van der Waals surface area contributed by atoms with E-state index in [0.717, 1.165) is 49.4 Å². The van der Waals surface area contributed by atoms with E-state index in [-0.39, 0.29) is 11.1 Å². The Labute approximate surface area is 152 Å². The molecule has 0 aliphatic carbocycles. The van der Waals surface area contributed by atoms with Gasteiger partial charge in [0, 0.05) is 16.7 Å². The predicted octanol–water partition coefficient (Wildman–Crippen LogP) is 4.26. The third kappa shape index (κ3) is 4.77. The van der Waals surface area contributed by atoms with E-state index < -0.39 is 10.8 Å². The Balaban J connectivity index is 1.51. The SMILES string of the molecule is Cc1ccc(S(=O)C2CCN(CCc3ccc(F)cc3)CC2)c(C)c1. The van der Waals surface area contributed by atoms with Gasteiger partial charge in [-0.15, -0.1) is 0 Å². The van der Waals surface area contributed by atoms with Gasteiger partial charge in [0.1, 0.15) is 5.82 Å². The van der Waals surface area contributed by atoms with E-state index in [1.165, 1.54) is 23.3 Å². The van der Waals surface area contributed by atoms with Crippen LogP contribution >= 0.6 is 0 Å². The summed E-state index contributed by atoms with van der Waals surface area (Å²) >= 11 is 0. The lowest BCUT2D eigenvalue weighted by molar-refractivity contribution is 0.234. The van der Waals surface area contributed by atoms with E-state index in [2.05, 4.69) is 30.9 Å². The van der Waals surface area contributed by atoms with Crippen molar-refractivity contribution in [2.75, 3.05) is 19.6 Å². The van der Waals surface area contributed by atoms with Crippen molar-refractivity contribution in [2.24, 2.45) is 0 Å². The van der Waals surface area contributed by atoms with Crippen molar-refractivity contribution in [3.8, 4) is 0 Å². The number of benzene rings is 2. The van der Waals surface area contributed by atoms with Crippen LogP contribution in [0.3, 0.4) is 0 Å². The van der Waals surface area contributed by atoms with Gasteiger partial charge in [0.15, 0.2) is 0 Å². The van der Waals surface area contributed by atoms with Crippen LogP contribution < -0.4 is 0 Å². The Kier molecular flexibility index (Phi) is 6.02. The van der Waals surface area contributed by atoms with E-state index in [1.807, 2.05) is 18.2 Å². The normalized spacial score (nSPS) is 17.6. The van der Waals surface area contributed by atoms with Gasteiger partial charge in [-0.1, -0.05) is 29.8 Å². The summed E-state index contributed by atoms with van der Waals surface area (Å²) in [4.78, 5) is 3.43. The van der Waals surface area contributed by atoms with E-state index in [0.29, 0.717) is 0 Å². The molecule has 1 heterocycles. The summed E-state index contributed by atoms with van der Waals surface area (Å²) in [6.45, 7) is 7.08. The van der Waals surface area contributed by atoms with E-state index >= 15 is 0 Å². The standard InChI is InChI=1S/C21H26FNOS/c1-16-3-8-21(17(2)15-16)25(24)20-10-13-23(14-11-20)12-9-18-4-6-19(22)7-5-18/h3-8,15,20H,9-14H2,1-2H3. The first-order valence-electron chi connectivity index (χ1n) is 8.97. The lowest BCUT2D eigenvalue weighted by atomic mass is 10.1. The highest BCUT2D eigenvalue weighted by Gasteiger charge is 2.25. The van der Waals surface area contributed by atoms with Gasteiger partial charge in [-0.25, -0.2) is 4.39 Å². The molecule has 0 amide bonds. The quantitative estimate of drug-likeness (QED) is 0.795. The number of hydrogen-bond acceptors (Lipinski definition) is 2. The molecule has 1 atom stereocenters. The molecule has 0 radical (unpaired) electrons. The van der Waals surface area contributed by atoms with Crippen molar-refractivity contribution >= 4 is 10.8 Å². The van der Waals surface area contributed by atoms with Crippen LogP contribution in [0, 0.1) is 19.7 Å². The van der Waals surface area contributed by atoms with Gasteiger partial charge in [-0.05, 0) is 75.5 Å². The Bertz CT molecular complexity index is 736. The number of hydrogen-bond donors (Lipinski definition) is 0. The number of rotatable bonds is 5. The van der Waals surface area contributed by atoms with Crippen LogP contribution in [0.2, 0.25) is 0 Å². The summed E-state index contributed by atoms with van der Waals surface area (Å²) in [5, 5.41) is 0.253.